The number of methoxy groups -OCH3 is 1. The Morgan fingerprint density at radius 1 is 1.09 bits per heavy atom. The molecule has 2 amide bonds. The van der Waals surface area contributed by atoms with Crippen LogP contribution in [0.1, 0.15) is 76.0 Å². The molecule has 2 fully saturated rings. The van der Waals surface area contributed by atoms with Gasteiger partial charge in [0.25, 0.3) is 0 Å². The van der Waals surface area contributed by atoms with E-state index in [9.17, 15) is 9.59 Å². The second-order valence-electron chi connectivity index (χ2n) is 10.3. The van der Waals surface area contributed by atoms with E-state index in [4.69, 9.17) is 9.47 Å². The first kappa shape index (κ1) is 24.2. The van der Waals surface area contributed by atoms with Crippen molar-refractivity contribution in [1.29, 1.82) is 0 Å². The maximum absolute atomic E-state index is 13.2. The molecule has 6 nitrogen and oxygen atoms in total. The first-order valence-electron chi connectivity index (χ1n) is 12.8. The van der Waals surface area contributed by atoms with Gasteiger partial charge in [-0.05, 0) is 36.8 Å². The van der Waals surface area contributed by atoms with Crippen LogP contribution in [0.25, 0.3) is 0 Å². The van der Waals surface area contributed by atoms with Gasteiger partial charge in [-0.3, -0.25) is 9.59 Å². The Kier molecular flexibility index (Phi) is 7.75. The van der Waals surface area contributed by atoms with Crippen molar-refractivity contribution in [2.45, 2.75) is 76.4 Å². The van der Waals surface area contributed by atoms with Gasteiger partial charge in [-0.25, -0.2) is 0 Å². The molecule has 2 atom stereocenters. The fourth-order valence-electron chi connectivity index (χ4n) is 6.13. The highest BCUT2D eigenvalue weighted by Gasteiger charge is 2.54. The van der Waals surface area contributed by atoms with Crippen LogP contribution in [-0.2, 0) is 24.5 Å². The molecule has 33 heavy (non-hydrogen) atoms. The first-order chi connectivity index (χ1) is 16.0. The van der Waals surface area contributed by atoms with E-state index in [0.29, 0.717) is 19.1 Å². The van der Waals surface area contributed by atoms with Gasteiger partial charge >= 0.3 is 0 Å². The molecule has 0 unspecified atom stereocenters. The largest absolute Gasteiger partial charge is 0.382 e. The summed E-state index contributed by atoms with van der Waals surface area (Å²) in [5.41, 5.74) is 2.22. The lowest BCUT2D eigenvalue weighted by Crippen LogP contribution is -2.53. The van der Waals surface area contributed by atoms with Crippen molar-refractivity contribution in [2.75, 3.05) is 33.4 Å². The van der Waals surface area contributed by atoms with Gasteiger partial charge in [0.2, 0.25) is 11.8 Å². The average Bonchev–Trinajstić information content (AvgIpc) is 3.08. The minimum atomic E-state index is -0.206. The fourth-order valence-corrected chi connectivity index (χ4v) is 6.13. The molecule has 1 heterocycles. The number of rotatable bonds is 7. The molecular formula is C27H40N2O4. The number of nitrogens with one attached hydrogen (secondary N) is 1. The van der Waals surface area contributed by atoms with Crippen molar-refractivity contribution < 1.29 is 19.1 Å². The summed E-state index contributed by atoms with van der Waals surface area (Å²) in [6.45, 7) is 6.33. The zero-order valence-electron chi connectivity index (χ0n) is 20.5. The van der Waals surface area contributed by atoms with Crippen LogP contribution < -0.4 is 5.32 Å². The number of amides is 2. The van der Waals surface area contributed by atoms with Crippen LogP contribution in [0.4, 0.5) is 0 Å². The molecule has 1 saturated carbocycles. The highest BCUT2D eigenvalue weighted by atomic mass is 16.5. The monoisotopic (exact) mass is 456 g/mol. The summed E-state index contributed by atoms with van der Waals surface area (Å²) < 4.78 is 11.7. The van der Waals surface area contributed by atoms with Gasteiger partial charge in [-0.2, -0.15) is 0 Å². The lowest BCUT2D eigenvalue weighted by Gasteiger charge is -2.45. The number of hydrogen-bond donors (Lipinski definition) is 1. The Bertz CT molecular complexity index is 825. The van der Waals surface area contributed by atoms with Crippen molar-refractivity contribution >= 4 is 11.8 Å². The van der Waals surface area contributed by atoms with Gasteiger partial charge in [-0.1, -0.05) is 57.4 Å². The Labute approximate surface area is 198 Å². The maximum atomic E-state index is 13.2. The van der Waals surface area contributed by atoms with Gasteiger partial charge in [0.1, 0.15) is 0 Å². The van der Waals surface area contributed by atoms with Crippen LogP contribution >= 0.6 is 0 Å². The smallest absolute Gasteiger partial charge is 0.225 e. The minimum absolute atomic E-state index is 0.0390. The number of piperidine rings is 1. The van der Waals surface area contributed by atoms with E-state index in [-0.39, 0.29) is 35.3 Å². The fraction of sp³-hybridized carbons (Fsp3) is 0.704. The second-order valence-corrected chi connectivity index (χ2v) is 10.3. The average molecular weight is 457 g/mol. The van der Waals surface area contributed by atoms with Crippen LogP contribution in [0.2, 0.25) is 0 Å². The van der Waals surface area contributed by atoms with E-state index in [1.54, 1.807) is 7.11 Å². The molecule has 1 aromatic rings. The topological polar surface area (TPSA) is 67.9 Å². The Morgan fingerprint density at radius 3 is 2.45 bits per heavy atom. The summed E-state index contributed by atoms with van der Waals surface area (Å²) >= 11 is 0. The number of carbonyl (C=O) groups is 2. The molecule has 0 bridgehead atoms. The Balaban J connectivity index is 1.58. The van der Waals surface area contributed by atoms with Crippen LogP contribution in [0.15, 0.2) is 24.3 Å². The van der Waals surface area contributed by atoms with Crippen molar-refractivity contribution in [1.82, 2.24) is 10.2 Å². The van der Waals surface area contributed by atoms with Crippen molar-refractivity contribution in [3.63, 3.8) is 0 Å². The number of hydrogen-bond acceptors (Lipinski definition) is 4. The summed E-state index contributed by atoms with van der Waals surface area (Å²) in [7, 11) is 1.68. The van der Waals surface area contributed by atoms with E-state index < -0.39 is 0 Å². The molecule has 1 aliphatic heterocycles. The summed E-state index contributed by atoms with van der Waals surface area (Å²) in [4.78, 5) is 28.0. The SMILES string of the molecule is COCCO[C@@H]1[C@@H](NC(=O)C(C)C)c2ccccc2C12CCN(C(=O)C1CCCCC1)CC2. The third-order valence-corrected chi connectivity index (χ3v) is 8.01. The van der Waals surface area contributed by atoms with Crippen LogP contribution in [0.5, 0.6) is 0 Å². The van der Waals surface area contributed by atoms with Gasteiger partial charge in [0, 0.05) is 37.5 Å². The molecule has 2 aliphatic carbocycles. The normalized spacial score (nSPS) is 24.8. The quantitative estimate of drug-likeness (QED) is 0.630. The second kappa shape index (κ2) is 10.6. The highest BCUT2D eigenvalue weighted by Crippen LogP contribution is 2.52. The molecule has 182 valence electrons. The van der Waals surface area contributed by atoms with Gasteiger partial charge in [-0.15, -0.1) is 0 Å². The summed E-state index contributed by atoms with van der Waals surface area (Å²) in [5, 5.41) is 3.28. The van der Waals surface area contributed by atoms with Crippen molar-refractivity contribution in [3.05, 3.63) is 35.4 Å². The molecule has 0 radical (unpaired) electrons. The Hall–Kier alpha value is -1.92. The van der Waals surface area contributed by atoms with E-state index in [2.05, 4.69) is 28.4 Å². The summed E-state index contributed by atoms with van der Waals surface area (Å²) in [5.74, 6) is 0.494. The molecular weight excluding hydrogens is 416 g/mol. The van der Waals surface area contributed by atoms with Gasteiger partial charge < -0.3 is 19.7 Å². The molecule has 1 N–H and O–H groups in total. The number of benzene rings is 1. The van der Waals surface area contributed by atoms with Crippen LogP contribution in [0.3, 0.4) is 0 Å². The standard InChI is InChI=1S/C27H40N2O4/c1-19(2)25(30)28-23-21-11-7-8-12-22(21)27(24(23)33-18-17-32-3)13-15-29(16-14-27)26(31)20-9-5-4-6-10-20/h7-8,11-12,19-20,23-24H,4-6,9-10,13-18H2,1-3H3,(H,28,30)/t23-,24+/m0/s1. The third-order valence-electron chi connectivity index (χ3n) is 8.01. The third kappa shape index (κ3) is 4.83. The summed E-state index contributed by atoms with van der Waals surface area (Å²) in [6.07, 6.45) is 7.23. The summed E-state index contributed by atoms with van der Waals surface area (Å²) in [6, 6.07) is 8.26. The predicted octanol–water partition coefficient (Wildman–Crippen LogP) is 3.99. The van der Waals surface area contributed by atoms with E-state index in [1.807, 2.05) is 19.9 Å². The van der Waals surface area contributed by atoms with Gasteiger partial charge in [0.05, 0.1) is 25.4 Å². The molecule has 0 aromatic heterocycles. The number of carbonyl (C=O) groups excluding carboxylic acids is 2. The van der Waals surface area contributed by atoms with E-state index in [0.717, 1.165) is 44.3 Å². The number of fused-ring (bicyclic) bond motifs is 2. The number of ether oxygens (including phenoxy) is 2. The Morgan fingerprint density at radius 2 is 1.79 bits per heavy atom. The van der Waals surface area contributed by atoms with E-state index >= 15 is 0 Å². The van der Waals surface area contributed by atoms with Gasteiger partial charge in [0.15, 0.2) is 0 Å². The molecule has 6 heteroatoms. The van der Waals surface area contributed by atoms with Crippen LogP contribution in [0, 0.1) is 11.8 Å². The highest BCUT2D eigenvalue weighted by molar-refractivity contribution is 5.79. The molecule has 1 saturated heterocycles. The van der Waals surface area contributed by atoms with Crippen LogP contribution in [-0.4, -0.2) is 56.2 Å². The lowest BCUT2D eigenvalue weighted by molar-refractivity contribution is -0.139. The molecule has 1 spiro atoms. The van der Waals surface area contributed by atoms with E-state index in [1.165, 1.54) is 24.8 Å². The molecule has 4 rings (SSSR count). The predicted molar refractivity (Wildman–Crippen MR) is 128 cm³/mol. The lowest BCUT2D eigenvalue weighted by atomic mass is 9.71. The molecule has 1 aromatic carbocycles. The number of nitrogens with zero attached hydrogens (tertiary/aromatic N) is 1. The molecule has 3 aliphatic rings. The van der Waals surface area contributed by atoms with Crippen molar-refractivity contribution in [3.8, 4) is 0 Å². The minimum Gasteiger partial charge on any atom is -0.382 e. The first-order valence-corrected chi connectivity index (χ1v) is 12.8. The zero-order chi connectivity index (χ0) is 23.4. The van der Waals surface area contributed by atoms with Crippen molar-refractivity contribution in [2.24, 2.45) is 11.8 Å². The maximum Gasteiger partial charge on any atom is 0.225 e. The number of likely N-dealkylation sites (tertiary alicyclic amines) is 1. The zero-order valence-corrected chi connectivity index (χ0v) is 20.5.